The van der Waals surface area contributed by atoms with Crippen LogP contribution < -0.4 is 5.32 Å². The molecule has 2 saturated carbocycles. The van der Waals surface area contributed by atoms with Crippen molar-refractivity contribution in [3.63, 3.8) is 0 Å². The molecule has 1 aromatic rings. The number of hydrogen-bond donors (Lipinski definition) is 2. The van der Waals surface area contributed by atoms with Crippen molar-refractivity contribution in [1.82, 2.24) is 5.32 Å². The lowest BCUT2D eigenvalue weighted by atomic mass is 9.84. The molecule has 3 rings (SSSR count). The van der Waals surface area contributed by atoms with Gasteiger partial charge < -0.3 is 10.4 Å². The summed E-state index contributed by atoms with van der Waals surface area (Å²) in [5.74, 6) is -0.697. The van der Waals surface area contributed by atoms with Gasteiger partial charge in [0.2, 0.25) is 0 Å². The monoisotopic (exact) mass is 297 g/mol. The number of fused-ring (bicyclic) bond motifs is 2. The molecule has 2 N–H and O–H groups in total. The highest BCUT2D eigenvalue weighted by molar-refractivity contribution is 6.30. The summed E-state index contributed by atoms with van der Waals surface area (Å²) < 4.78 is 13.7. The zero-order chi connectivity index (χ0) is 14.3. The topological polar surface area (TPSA) is 49.3 Å². The molecule has 0 aliphatic heterocycles. The quantitative estimate of drug-likeness (QED) is 0.898. The second kappa shape index (κ2) is 5.34. The molecule has 2 bridgehead atoms. The highest BCUT2D eigenvalue weighted by Crippen LogP contribution is 2.48. The predicted molar refractivity (Wildman–Crippen MR) is 74.0 cm³/mol. The molecule has 0 radical (unpaired) electrons. The van der Waals surface area contributed by atoms with Crippen LogP contribution in [0.5, 0.6) is 0 Å². The fraction of sp³-hybridized carbons (Fsp3) is 0.533. The lowest BCUT2D eigenvalue weighted by Gasteiger charge is -2.29. The minimum Gasteiger partial charge on any atom is -0.481 e. The second-order valence-corrected chi connectivity index (χ2v) is 6.28. The van der Waals surface area contributed by atoms with Gasteiger partial charge in [0.05, 0.1) is 5.92 Å². The van der Waals surface area contributed by atoms with Gasteiger partial charge in [-0.25, -0.2) is 4.39 Å². The summed E-state index contributed by atoms with van der Waals surface area (Å²) in [4.78, 5) is 11.4. The molecule has 4 unspecified atom stereocenters. The van der Waals surface area contributed by atoms with Crippen molar-refractivity contribution in [3.05, 3.63) is 34.6 Å². The van der Waals surface area contributed by atoms with Crippen LogP contribution in [0.4, 0.5) is 4.39 Å². The summed E-state index contributed by atoms with van der Waals surface area (Å²) in [5.41, 5.74) is 0.490. The Kier molecular flexibility index (Phi) is 3.69. The van der Waals surface area contributed by atoms with Crippen LogP contribution >= 0.6 is 11.6 Å². The zero-order valence-electron chi connectivity index (χ0n) is 11.0. The van der Waals surface area contributed by atoms with Crippen LogP contribution in [0.1, 0.15) is 24.8 Å². The van der Waals surface area contributed by atoms with Gasteiger partial charge in [-0.3, -0.25) is 4.79 Å². The van der Waals surface area contributed by atoms with Gasteiger partial charge >= 0.3 is 5.97 Å². The summed E-state index contributed by atoms with van der Waals surface area (Å²) >= 11 is 5.87. The van der Waals surface area contributed by atoms with Gasteiger partial charge in [-0.2, -0.15) is 0 Å². The summed E-state index contributed by atoms with van der Waals surface area (Å²) in [6.07, 6.45) is 3.06. The number of hydrogen-bond acceptors (Lipinski definition) is 2. The number of halogens is 2. The fourth-order valence-electron chi connectivity index (χ4n) is 3.85. The van der Waals surface area contributed by atoms with Crippen molar-refractivity contribution < 1.29 is 14.3 Å². The van der Waals surface area contributed by atoms with Gasteiger partial charge in [0.1, 0.15) is 5.82 Å². The third-order valence-electron chi connectivity index (χ3n) is 4.74. The first kappa shape index (κ1) is 13.8. The Balaban J connectivity index is 1.71. The Bertz CT molecular complexity index is 537. The van der Waals surface area contributed by atoms with Gasteiger partial charge in [-0.1, -0.05) is 11.6 Å². The largest absolute Gasteiger partial charge is 0.481 e. The first-order valence-corrected chi connectivity index (χ1v) is 7.34. The van der Waals surface area contributed by atoms with E-state index in [1.165, 1.54) is 12.1 Å². The van der Waals surface area contributed by atoms with E-state index in [9.17, 15) is 14.3 Å². The molecule has 4 atom stereocenters. The normalized spacial score (nSPS) is 31.7. The van der Waals surface area contributed by atoms with Gasteiger partial charge in [0.15, 0.2) is 0 Å². The summed E-state index contributed by atoms with van der Waals surface area (Å²) in [6, 6.07) is 4.39. The molecular formula is C15H17ClFNO2. The standard InChI is InChI=1S/C15H17ClFNO2/c16-11-3-4-12(17)10(6-11)7-18-14-9-2-1-8(5-9)13(14)15(19)20/h3-4,6,8-9,13-14,18H,1-2,5,7H2,(H,19,20). The van der Waals surface area contributed by atoms with E-state index < -0.39 is 5.97 Å². The summed E-state index contributed by atoms with van der Waals surface area (Å²) in [6.45, 7) is 0.323. The SMILES string of the molecule is O=C(O)C1C2CCC(C2)C1NCc1cc(Cl)ccc1F. The number of carboxylic acids is 1. The smallest absolute Gasteiger partial charge is 0.308 e. The van der Waals surface area contributed by atoms with Crippen molar-refractivity contribution in [2.45, 2.75) is 31.8 Å². The first-order valence-electron chi connectivity index (χ1n) is 6.96. The maximum Gasteiger partial charge on any atom is 0.308 e. The highest BCUT2D eigenvalue weighted by atomic mass is 35.5. The fourth-order valence-corrected chi connectivity index (χ4v) is 4.04. The van der Waals surface area contributed by atoms with Gasteiger partial charge in [0, 0.05) is 23.2 Å². The Morgan fingerprint density at radius 2 is 2.15 bits per heavy atom. The number of nitrogens with one attached hydrogen (secondary N) is 1. The maximum atomic E-state index is 13.7. The van der Waals surface area contributed by atoms with E-state index in [1.807, 2.05) is 0 Å². The number of carboxylic acid groups (broad SMARTS) is 1. The number of benzene rings is 1. The number of rotatable bonds is 4. The molecule has 2 fully saturated rings. The Morgan fingerprint density at radius 3 is 2.90 bits per heavy atom. The van der Waals surface area contributed by atoms with E-state index in [0.29, 0.717) is 23.0 Å². The highest BCUT2D eigenvalue weighted by Gasteiger charge is 2.50. The molecule has 2 aliphatic rings. The zero-order valence-corrected chi connectivity index (χ0v) is 11.7. The van der Waals surface area contributed by atoms with Crippen LogP contribution in [0.3, 0.4) is 0 Å². The van der Waals surface area contributed by atoms with Crippen molar-refractivity contribution in [2.75, 3.05) is 0 Å². The van der Waals surface area contributed by atoms with Gasteiger partial charge in [-0.05, 0) is 49.3 Å². The number of aliphatic carboxylic acids is 1. The third-order valence-corrected chi connectivity index (χ3v) is 4.97. The molecule has 0 spiro atoms. The van der Waals surface area contributed by atoms with Crippen molar-refractivity contribution in [3.8, 4) is 0 Å². The molecule has 0 saturated heterocycles. The van der Waals surface area contributed by atoms with Crippen LogP contribution in [-0.2, 0) is 11.3 Å². The molecule has 0 amide bonds. The molecule has 5 heteroatoms. The van der Waals surface area contributed by atoms with Crippen LogP contribution in [0.2, 0.25) is 5.02 Å². The second-order valence-electron chi connectivity index (χ2n) is 5.84. The van der Waals surface area contributed by atoms with Gasteiger partial charge in [0.25, 0.3) is 0 Å². The first-order chi connectivity index (χ1) is 9.56. The summed E-state index contributed by atoms with van der Waals surface area (Å²) in [7, 11) is 0. The maximum absolute atomic E-state index is 13.7. The molecule has 1 aromatic carbocycles. The van der Waals surface area contributed by atoms with E-state index >= 15 is 0 Å². The van der Waals surface area contributed by atoms with Crippen molar-refractivity contribution in [1.29, 1.82) is 0 Å². The molecule has 0 aromatic heterocycles. The van der Waals surface area contributed by atoms with Crippen LogP contribution in [0.25, 0.3) is 0 Å². The van der Waals surface area contributed by atoms with Crippen LogP contribution in [-0.4, -0.2) is 17.1 Å². The van der Waals surface area contributed by atoms with E-state index in [0.717, 1.165) is 19.3 Å². The average Bonchev–Trinajstić information content (AvgIpc) is 3.00. The van der Waals surface area contributed by atoms with E-state index in [-0.39, 0.29) is 23.7 Å². The average molecular weight is 298 g/mol. The predicted octanol–water partition coefficient (Wildman–Crippen LogP) is 3.07. The van der Waals surface area contributed by atoms with Crippen LogP contribution in [0, 0.1) is 23.6 Å². The Hall–Kier alpha value is -1.13. The molecule has 20 heavy (non-hydrogen) atoms. The minimum atomic E-state index is -0.735. The Labute approximate surface area is 122 Å². The van der Waals surface area contributed by atoms with E-state index in [2.05, 4.69) is 5.32 Å². The number of carbonyl (C=O) groups is 1. The molecule has 108 valence electrons. The lowest BCUT2D eigenvalue weighted by Crippen LogP contribution is -2.43. The Morgan fingerprint density at radius 1 is 1.40 bits per heavy atom. The minimum absolute atomic E-state index is 0.0513. The van der Waals surface area contributed by atoms with Crippen molar-refractivity contribution >= 4 is 17.6 Å². The molecule has 0 heterocycles. The van der Waals surface area contributed by atoms with Gasteiger partial charge in [-0.15, -0.1) is 0 Å². The van der Waals surface area contributed by atoms with E-state index in [1.54, 1.807) is 6.07 Å². The van der Waals surface area contributed by atoms with Crippen LogP contribution in [0.15, 0.2) is 18.2 Å². The summed E-state index contributed by atoms with van der Waals surface area (Å²) in [5, 5.41) is 13.1. The molecule has 3 nitrogen and oxygen atoms in total. The molecule has 2 aliphatic carbocycles. The molecular weight excluding hydrogens is 281 g/mol. The lowest BCUT2D eigenvalue weighted by molar-refractivity contribution is -0.144. The third kappa shape index (κ3) is 2.42. The van der Waals surface area contributed by atoms with Crippen molar-refractivity contribution in [2.24, 2.45) is 17.8 Å². The van der Waals surface area contributed by atoms with E-state index in [4.69, 9.17) is 11.6 Å².